The highest BCUT2D eigenvalue weighted by Gasteiger charge is 2.17. The molecule has 0 bridgehead atoms. The number of halogens is 3. The second-order valence-corrected chi connectivity index (χ2v) is 10.3. The first-order chi connectivity index (χ1) is 13.5. The van der Waals surface area contributed by atoms with Gasteiger partial charge in [0.25, 0.3) is 0 Å². The Hall–Kier alpha value is -0.230. The predicted octanol–water partition coefficient (Wildman–Crippen LogP) is 3.69. The van der Waals surface area contributed by atoms with Crippen LogP contribution in [0.15, 0.2) is 30.3 Å². The van der Waals surface area contributed by atoms with Crippen LogP contribution in [0.4, 0.5) is 0 Å². The number of hydrogen-bond donors (Lipinski definition) is 4. The van der Waals surface area contributed by atoms with Crippen molar-refractivity contribution in [1.82, 2.24) is 0 Å². The molecule has 0 saturated carbocycles. The Bertz CT molecular complexity index is 929. The van der Waals surface area contributed by atoms with Gasteiger partial charge in [-0.2, -0.15) is 0 Å². The fourth-order valence-corrected chi connectivity index (χ4v) is 5.06. The molecule has 0 heterocycles. The largest absolute Gasteiger partial charge is 0.480 e. The average molecular weight is 761 g/mol. The molecule has 0 aliphatic carbocycles. The Labute approximate surface area is 207 Å². The molecule has 13 heteroatoms. The third-order valence-electron chi connectivity index (χ3n) is 3.39. The first kappa shape index (κ1) is 25.0. The number of phosphoric acid groups is 1. The van der Waals surface area contributed by atoms with Gasteiger partial charge in [-0.25, -0.2) is 9.09 Å². The highest BCUT2D eigenvalue weighted by Crippen LogP contribution is 2.37. The SMILES string of the molecule is NC(Cc1cc(I)c(Oc2ccc(OCOP(=O)(O)O)c(I)c2)c(I)c1)C(=O)O. The zero-order valence-electron chi connectivity index (χ0n) is 14.4. The zero-order valence-corrected chi connectivity index (χ0v) is 21.8. The molecule has 0 amide bonds. The molecule has 29 heavy (non-hydrogen) atoms. The van der Waals surface area contributed by atoms with E-state index in [-0.39, 0.29) is 6.42 Å². The molecular weight excluding hydrogens is 746 g/mol. The molecule has 0 aliphatic rings. The number of carboxylic acid groups (broad SMARTS) is 1. The van der Waals surface area contributed by atoms with Gasteiger partial charge in [0.05, 0.1) is 10.7 Å². The van der Waals surface area contributed by atoms with Crippen molar-refractivity contribution >= 4 is 81.6 Å². The Kier molecular flexibility index (Phi) is 9.39. The van der Waals surface area contributed by atoms with Gasteiger partial charge in [-0.15, -0.1) is 0 Å². The molecule has 2 aromatic carbocycles. The highest BCUT2D eigenvalue weighted by atomic mass is 127. The summed E-state index contributed by atoms with van der Waals surface area (Å²) in [5, 5.41) is 8.96. The summed E-state index contributed by atoms with van der Waals surface area (Å²) in [4.78, 5) is 28.3. The molecule has 158 valence electrons. The van der Waals surface area contributed by atoms with E-state index >= 15 is 0 Å². The molecule has 9 nitrogen and oxygen atoms in total. The summed E-state index contributed by atoms with van der Waals surface area (Å²) in [6.07, 6.45) is 0.211. The van der Waals surface area contributed by atoms with Gasteiger partial charge in [-0.05, 0) is 110 Å². The molecule has 0 saturated heterocycles. The summed E-state index contributed by atoms with van der Waals surface area (Å²) in [5.74, 6) is 0.476. The van der Waals surface area contributed by atoms with Crippen LogP contribution in [0.25, 0.3) is 0 Å². The quantitative estimate of drug-likeness (QED) is 0.171. The summed E-state index contributed by atoms with van der Waals surface area (Å²) < 4.78 is 28.4. The Morgan fingerprint density at radius 1 is 1.10 bits per heavy atom. The minimum atomic E-state index is -4.60. The topological polar surface area (TPSA) is 149 Å². The normalized spacial score (nSPS) is 12.5. The van der Waals surface area contributed by atoms with Crippen LogP contribution >= 0.6 is 75.6 Å². The van der Waals surface area contributed by atoms with Crippen LogP contribution in [-0.2, 0) is 20.3 Å². The van der Waals surface area contributed by atoms with E-state index in [2.05, 4.69) is 49.7 Å². The minimum absolute atomic E-state index is 0.211. The molecule has 2 rings (SSSR count). The van der Waals surface area contributed by atoms with E-state index in [0.29, 0.717) is 20.8 Å². The monoisotopic (exact) mass is 761 g/mol. The lowest BCUT2D eigenvalue weighted by atomic mass is 10.1. The molecule has 2 aromatic rings. The van der Waals surface area contributed by atoms with Crippen molar-refractivity contribution in [3.63, 3.8) is 0 Å². The number of benzene rings is 2. The Morgan fingerprint density at radius 3 is 2.24 bits per heavy atom. The lowest BCUT2D eigenvalue weighted by Gasteiger charge is -2.14. The molecule has 0 spiro atoms. The molecule has 5 N–H and O–H groups in total. The average Bonchev–Trinajstić information content (AvgIpc) is 2.59. The van der Waals surface area contributed by atoms with Gasteiger partial charge in [0.2, 0.25) is 0 Å². The third kappa shape index (κ3) is 8.08. The smallest absolute Gasteiger partial charge is 0.472 e. The van der Waals surface area contributed by atoms with Gasteiger partial charge < -0.3 is 30.1 Å². The van der Waals surface area contributed by atoms with E-state index < -0.39 is 26.6 Å². The van der Waals surface area contributed by atoms with Crippen molar-refractivity contribution < 1.29 is 38.3 Å². The molecule has 1 unspecified atom stereocenters. The minimum Gasteiger partial charge on any atom is -0.480 e. The van der Waals surface area contributed by atoms with Crippen LogP contribution in [0, 0.1) is 10.7 Å². The van der Waals surface area contributed by atoms with Crippen LogP contribution in [0.5, 0.6) is 17.2 Å². The number of carbonyl (C=O) groups is 1. The van der Waals surface area contributed by atoms with Gasteiger partial charge in [0.1, 0.15) is 17.5 Å². The van der Waals surface area contributed by atoms with Crippen LogP contribution in [0.2, 0.25) is 0 Å². The Balaban J connectivity index is 2.12. The third-order valence-corrected chi connectivity index (χ3v) is 6.28. The molecule has 0 radical (unpaired) electrons. The van der Waals surface area contributed by atoms with Gasteiger partial charge >= 0.3 is 13.8 Å². The van der Waals surface area contributed by atoms with Crippen molar-refractivity contribution in [2.75, 3.05) is 6.79 Å². The number of hydrogen-bond acceptors (Lipinski definition) is 6. The maximum absolute atomic E-state index is 10.9. The standard InChI is InChI=1S/C16H15I3NO8P/c17-10-6-9(1-2-14(10)26-7-27-29(23,24)25)28-15-11(18)3-8(4-12(15)19)5-13(20)16(21)22/h1-4,6,13H,5,7,20H2,(H,21,22)(H2,23,24,25). The van der Waals surface area contributed by atoms with Crippen LogP contribution in [0.1, 0.15) is 5.56 Å². The summed E-state index contributed by atoms with van der Waals surface area (Å²) >= 11 is 6.22. The van der Waals surface area contributed by atoms with E-state index in [0.717, 1.165) is 12.7 Å². The van der Waals surface area contributed by atoms with Crippen LogP contribution in [0.3, 0.4) is 0 Å². The second-order valence-electron chi connectivity index (χ2n) is 5.61. The molecule has 0 fully saturated rings. The highest BCUT2D eigenvalue weighted by molar-refractivity contribution is 14.1. The van der Waals surface area contributed by atoms with Crippen LogP contribution < -0.4 is 15.2 Å². The second kappa shape index (κ2) is 10.9. The number of nitrogens with two attached hydrogens (primary N) is 1. The van der Waals surface area contributed by atoms with E-state index in [1.54, 1.807) is 18.2 Å². The lowest BCUT2D eigenvalue weighted by molar-refractivity contribution is -0.138. The number of ether oxygens (including phenoxy) is 2. The van der Waals surface area contributed by atoms with Gasteiger partial charge in [0.15, 0.2) is 12.5 Å². The lowest BCUT2D eigenvalue weighted by Crippen LogP contribution is -2.32. The summed E-state index contributed by atoms with van der Waals surface area (Å²) in [7, 11) is -4.60. The van der Waals surface area contributed by atoms with Crippen molar-refractivity contribution in [2.24, 2.45) is 5.73 Å². The van der Waals surface area contributed by atoms with Crippen molar-refractivity contribution in [3.8, 4) is 17.2 Å². The zero-order chi connectivity index (χ0) is 21.8. The predicted molar refractivity (Wildman–Crippen MR) is 129 cm³/mol. The number of phosphoric ester groups is 1. The first-order valence-corrected chi connectivity index (χ1v) is 12.5. The van der Waals surface area contributed by atoms with Gasteiger partial charge in [0, 0.05) is 0 Å². The van der Waals surface area contributed by atoms with Crippen molar-refractivity contribution in [1.29, 1.82) is 0 Å². The molecule has 1 atom stereocenters. The first-order valence-electron chi connectivity index (χ1n) is 7.73. The summed E-state index contributed by atoms with van der Waals surface area (Å²) in [5.41, 5.74) is 6.39. The van der Waals surface area contributed by atoms with Crippen molar-refractivity contribution in [3.05, 3.63) is 46.6 Å². The fraction of sp³-hybridized carbons (Fsp3) is 0.188. The maximum atomic E-state index is 10.9. The fourth-order valence-electron chi connectivity index (χ4n) is 2.11. The van der Waals surface area contributed by atoms with Gasteiger partial charge in [-0.3, -0.25) is 4.79 Å². The number of aliphatic carboxylic acids is 1. The maximum Gasteiger partial charge on any atom is 0.472 e. The summed E-state index contributed by atoms with van der Waals surface area (Å²) in [6, 6.07) is 7.62. The van der Waals surface area contributed by atoms with E-state index in [1.807, 2.05) is 34.7 Å². The molecular formula is C16H15I3NO8P. The summed E-state index contributed by atoms with van der Waals surface area (Å²) in [6.45, 7) is -0.587. The van der Waals surface area contributed by atoms with E-state index in [9.17, 15) is 9.36 Å². The Morgan fingerprint density at radius 2 is 1.72 bits per heavy atom. The molecule has 0 aromatic heterocycles. The number of rotatable bonds is 9. The van der Waals surface area contributed by atoms with Crippen molar-refractivity contribution in [2.45, 2.75) is 12.5 Å². The number of carboxylic acids is 1. The van der Waals surface area contributed by atoms with E-state index in [4.69, 9.17) is 30.1 Å². The van der Waals surface area contributed by atoms with E-state index in [1.165, 1.54) is 0 Å². The van der Waals surface area contributed by atoms with Crippen LogP contribution in [-0.4, -0.2) is 33.7 Å². The van der Waals surface area contributed by atoms with Gasteiger partial charge in [-0.1, -0.05) is 0 Å². The molecule has 0 aliphatic heterocycles.